The van der Waals surface area contributed by atoms with Crippen molar-refractivity contribution in [3.05, 3.63) is 22.6 Å². The third-order valence-electron chi connectivity index (χ3n) is 2.20. The van der Waals surface area contributed by atoms with Crippen LogP contribution in [0.25, 0.3) is 11.4 Å². The van der Waals surface area contributed by atoms with E-state index in [1.54, 1.807) is 14.1 Å². The molecule has 0 aromatic carbocycles. The minimum Gasteiger partial charge on any atom is -0.367 e. The first-order valence-electron chi connectivity index (χ1n) is 4.67. The molecule has 0 radical (unpaired) electrons. The fourth-order valence-corrected chi connectivity index (χ4v) is 1.43. The maximum atomic E-state index is 11.0. The summed E-state index contributed by atoms with van der Waals surface area (Å²) >= 11 is 0. The number of nitrogens with zero attached hydrogens (tertiary/aromatic N) is 6. The molecule has 2 heterocycles. The molecule has 1 N–H and O–H groups in total. The van der Waals surface area contributed by atoms with Crippen LogP contribution >= 0.6 is 0 Å². The zero-order chi connectivity index (χ0) is 12.4. The van der Waals surface area contributed by atoms with Gasteiger partial charge in [0.1, 0.15) is 12.0 Å². The highest BCUT2D eigenvalue weighted by Gasteiger charge is 2.25. The van der Waals surface area contributed by atoms with E-state index in [9.17, 15) is 10.1 Å². The number of aryl methyl sites for hydroxylation is 1. The Labute approximate surface area is 95.7 Å². The van der Waals surface area contributed by atoms with E-state index in [2.05, 4.69) is 25.6 Å². The minimum absolute atomic E-state index is 0.154. The van der Waals surface area contributed by atoms with Crippen molar-refractivity contribution in [1.82, 2.24) is 25.0 Å². The largest absolute Gasteiger partial charge is 0.367 e. The molecule has 17 heavy (non-hydrogen) atoms. The minimum atomic E-state index is -0.534. The second-order valence-corrected chi connectivity index (χ2v) is 3.17. The summed E-state index contributed by atoms with van der Waals surface area (Å²) in [6.07, 6.45) is 2.66. The molecule has 0 atom stereocenters. The summed E-state index contributed by atoms with van der Waals surface area (Å²) in [4.78, 5) is 18.2. The molecular weight excluding hydrogens is 226 g/mol. The van der Waals surface area contributed by atoms with Gasteiger partial charge < -0.3 is 5.32 Å². The average molecular weight is 235 g/mol. The zero-order valence-electron chi connectivity index (χ0n) is 9.15. The van der Waals surface area contributed by atoms with Gasteiger partial charge in [0.2, 0.25) is 5.82 Å². The van der Waals surface area contributed by atoms with Crippen LogP contribution in [0.3, 0.4) is 0 Å². The summed E-state index contributed by atoms with van der Waals surface area (Å²) in [5, 5.41) is 21.1. The van der Waals surface area contributed by atoms with Gasteiger partial charge in [0.15, 0.2) is 5.69 Å². The molecule has 0 aliphatic rings. The first kappa shape index (κ1) is 10.9. The monoisotopic (exact) mass is 235 g/mol. The molecule has 88 valence electrons. The van der Waals surface area contributed by atoms with E-state index in [1.807, 2.05) is 0 Å². The van der Waals surface area contributed by atoms with Crippen LogP contribution in [-0.2, 0) is 7.05 Å². The Balaban J connectivity index is 2.70. The van der Waals surface area contributed by atoms with E-state index in [1.165, 1.54) is 17.2 Å². The van der Waals surface area contributed by atoms with Gasteiger partial charge in [-0.05, 0) is 0 Å². The Hall–Kier alpha value is -2.58. The van der Waals surface area contributed by atoms with Gasteiger partial charge in [-0.1, -0.05) is 5.21 Å². The van der Waals surface area contributed by atoms with Crippen molar-refractivity contribution in [1.29, 1.82) is 0 Å². The highest BCUT2D eigenvalue weighted by molar-refractivity contribution is 5.74. The Morgan fingerprint density at radius 1 is 1.47 bits per heavy atom. The summed E-state index contributed by atoms with van der Waals surface area (Å²) in [6, 6.07) is 0. The predicted octanol–water partition coefficient (Wildman–Crippen LogP) is 0.222. The lowest BCUT2D eigenvalue weighted by Crippen LogP contribution is -2.05. The number of hydrogen-bond acceptors (Lipinski definition) is 7. The van der Waals surface area contributed by atoms with Gasteiger partial charge in [0, 0.05) is 14.1 Å². The Morgan fingerprint density at radius 3 is 2.76 bits per heavy atom. The fourth-order valence-electron chi connectivity index (χ4n) is 1.43. The third kappa shape index (κ3) is 1.77. The van der Waals surface area contributed by atoms with Gasteiger partial charge in [-0.15, -0.1) is 5.10 Å². The van der Waals surface area contributed by atoms with E-state index in [0.29, 0.717) is 5.69 Å². The molecule has 0 amide bonds. The van der Waals surface area contributed by atoms with Crippen LogP contribution in [-0.4, -0.2) is 36.9 Å². The SMILES string of the molecule is CNc1ncnc(-c2cnnn2C)c1[N+](=O)[O-]. The van der Waals surface area contributed by atoms with Crippen LogP contribution in [0.1, 0.15) is 0 Å². The van der Waals surface area contributed by atoms with Crippen molar-refractivity contribution < 1.29 is 4.92 Å². The average Bonchev–Trinajstić information content (AvgIpc) is 2.74. The number of nitrogens with one attached hydrogen (secondary N) is 1. The molecule has 2 aromatic heterocycles. The lowest BCUT2D eigenvalue weighted by atomic mass is 10.2. The first-order chi connectivity index (χ1) is 8.15. The van der Waals surface area contributed by atoms with Crippen molar-refractivity contribution in [2.24, 2.45) is 7.05 Å². The molecule has 0 spiro atoms. The van der Waals surface area contributed by atoms with E-state index in [-0.39, 0.29) is 17.2 Å². The van der Waals surface area contributed by atoms with Crippen LogP contribution in [0.5, 0.6) is 0 Å². The summed E-state index contributed by atoms with van der Waals surface area (Å²) < 4.78 is 1.41. The topological polar surface area (TPSA) is 112 Å². The van der Waals surface area contributed by atoms with Gasteiger partial charge in [0.05, 0.1) is 11.1 Å². The third-order valence-corrected chi connectivity index (χ3v) is 2.20. The molecule has 0 aliphatic carbocycles. The van der Waals surface area contributed by atoms with E-state index in [4.69, 9.17) is 0 Å². The van der Waals surface area contributed by atoms with E-state index < -0.39 is 4.92 Å². The molecule has 0 fully saturated rings. The van der Waals surface area contributed by atoms with Crippen molar-refractivity contribution in [3.8, 4) is 11.4 Å². The highest BCUT2D eigenvalue weighted by atomic mass is 16.6. The molecule has 9 nitrogen and oxygen atoms in total. The molecule has 0 unspecified atom stereocenters. The van der Waals surface area contributed by atoms with Gasteiger partial charge in [-0.2, -0.15) is 0 Å². The van der Waals surface area contributed by atoms with E-state index >= 15 is 0 Å². The number of hydrogen-bond donors (Lipinski definition) is 1. The molecule has 0 saturated heterocycles. The van der Waals surface area contributed by atoms with Gasteiger partial charge >= 0.3 is 5.69 Å². The zero-order valence-corrected chi connectivity index (χ0v) is 9.15. The van der Waals surface area contributed by atoms with Crippen LogP contribution in [0.15, 0.2) is 12.5 Å². The lowest BCUT2D eigenvalue weighted by molar-refractivity contribution is -0.383. The van der Waals surface area contributed by atoms with Gasteiger partial charge in [-0.3, -0.25) is 10.1 Å². The number of rotatable bonds is 3. The molecule has 0 saturated carbocycles. The van der Waals surface area contributed by atoms with Crippen LogP contribution < -0.4 is 5.32 Å². The maximum absolute atomic E-state index is 11.0. The quantitative estimate of drug-likeness (QED) is 0.598. The molecule has 9 heteroatoms. The normalized spacial score (nSPS) is 10.2. The molecule has 0 bridgehead atoms. The number of anilines is 1. The predicted molar refractivity (Wildman–Crippen MR) is 58.2 cm³/mol. The van der Waals surface area contributed by atoms with Gasteiger partial charge in [0.25, 0.3) is 0 Å². The second kappa shape index (κ2) is 4.12. The van der Waals surface area contributed by atoms with Gasteiger partial charge in [-0.25, -0.2) is 14.6 Å². The Morgan fingerprint density at radius 2 is 2.24 bits per heavy atom. The van der Waals surface area contributed by atoms with Crippen molar-refractivity contribution in [3.63, 3.8) is 0 Å². The molecule has 2 aromatic rings. The smallest absolute Gasteiger partial charge is 0.339 e. The lowest BCUT2D eigenvalue weighted by Gasteiger charge is -2.04. The van der Waals surface area contributed by atoms with Crippen LogP contribution in [0.4, 0.5) is 11.5 Å². The Kier molecular flexibility index (Phi) is 2.65. The number of aromatic nitrogens is 5. The second-order valence-electron chi connectivity index (χ2n) is 3.17. The summed E-state index contributed by atoms with van der Waals surface area (Å²) in [5.41, 5.74) is 0.442. The number of nitro groups is 1. The summed E-state index contributed by atoms with van der Waals surface area (Å²) in [6.45, 7) is 0. The first-order valence-corrected chi connectivity index (χ1v) is 4.67. The maximum Gasteiger partial charge on any atom is 0.339 e. The highest BCUT2D eigenvalue weighted by Crippen LogP contribution is 2.31. The van der Waals surface area contributed by atoms with Crippen molar-refractivity contribution in [2.45, 2.75) is 0 Å². The molecule has 2 rings (SSSR count). The molecule has 0 aliphatic heterocycles. The fraction of sp³-hybridized carbons (Fsp3) is 0.250. The van der Waals surface area contributed by atoms with Crippen LogP contribution in [0.2, 0.25) is 0 Å². The Bertz CT molecular complexity index is 565. The van der Waals surface area contributed by atoms with Crippen LogP contribution in [0, 0.1) is 10.1 Å². The van der Waals surface area contributed by atoms with Crippen molar-refractivity contribution in [2.75, 3.05) is 12.4 Å². The van der Waals surface area contributed by atoms with Crippen molar-refractivity contribution >= 4 is 11.5 Å². The standard InChI is InChI=1S/C8H9N7O2/c1-9-8-7(15(16)17)6(10-4-11-8)5-3-12-13-14(5)2/h3-4H,1-2H3,(H,9,10,11). The molecular formula is C8H9N7O2. The van der Waals surface area contributed by atoms with E-state index in [0.717, 1.165) is 0 Å². The summed E-state index contributed by atoms with van der Waals surface area (Å²) in [5.74, 6) is 0.154. The summed E-state index contributed by atoms with van der Waals surface area (Å²) in [7, 11) is 3.19.